The van der Waals surface area contributed by atoms with Crippen molar-refractivity contribution in [2.45, 2.75) is 19.4 Å². The summed E-state index contributed by atoms with van der Waals surface area (Å²) in [6.07, 6.45) is 0. The molecule has 0 saturated heterocycles. The molecule has 0 saturated carbocycles. The fourth-order valence-electron chi connectivity index (χ4n) is 2.25. The standard InChI is InChI=1S/C19H19ClF2O4/c1-19(2,13-3-5-14(21)6-4-13)26-18(23)16-11-15(22)7-8-17(16)25-10-9-24-12-20/h3-8,11H,9-10,12H2,1-2H3. The third-order valence-corrected chi connectivity index (χ3v) is 3.77. The summed E-state index contributed by atoms with van der Waals surface area (Å²) in [5, 5.41) is 0. The summed E-state index contributed by atoms with van der Waals surface area (Å²) in [6.45, 7) is 3.68. The van der Waals surface area contributed by atoms with Gasteiger partial charge in [-0.15, -0.1) is 0 Å². The Morgan fingerprint density at radius 2 is 1.69 bits per heavy atom. The molecule has 4 nitrogen and oxygen atoms in total. The molecule has 0 aromatic heterocycles. The summed E-state index contributed by atoms with van der Waals surface area (Å²) in [5.41, 5.74) is -0.497. The van der Waals surface area contributed by atoms with E-state index in [0.29, 0.717) is 5.56 Å². The van der Waals surface area contributed by atoms with Crippen LogP contribution in [0.25, 0.3) is 0 Å². The number of esters is 1. The van der Waals surface area contributed by atoms with Gasteiger partial charge < -0.3 is 14.2 Å². The number of hydrogen-bond acceptors (Lipinski definition) is 4. The molecule has 0 spiro atoms. The molecule has 0 atom stereocenters. The van der Waals surface area contributed by atoms with Crippen LogP contribution >= 0.6 is 11.6 Å². The van der Waals surface area contributed by atoms with Crippen LogP contribution in [-0.4, -0.2) is 25.2 Å². The van der Waals surface area contributed by atoms with Crippen LogP contribution in [0.2, 0.25) is 0 Å². The second-order valence-electron chi connectivity index (χ2n) is 5.91. The van der Waals surface area contributed by atoms with E-state index in [1.807, 2.05) is 0 Å². The van der Waals surface area contributed by atoms with Gasteiger partial charge in [0, 0.05) is 0 Å². The average molecular weight is 385 g/mol. The topological polar surface area (TPSA) is 44.8 Å². The lowest BCUT2D eigenvalue weighted by molar-refractivity contribution is -0.00364. The van der Waals surface area contributed by atoms with E-state index in [1.165, 1.54) is 36.4 Å². The van der Waals surface area contributed by atoms with E-state index in [-0.39, 0.29) is 30.6 Å². The minimum atomic E-state index is -1.05. The zero-order chi connectivity index (χ0) is 19.2. The van der Waals surface area contributed by atoms with Crippen molar-refractivity contribution < 1.29 is 27.8 Å². The van der Waals surface area contributed by atoms with Gasteiger partial charge in [0.15, 0.2) is 0 Å². The first-order valence-electron chi connectivity index (χ1n) is 7.89. The molecule has 0 unspecified atom stereocenters. The second-order valence-corrected chi connectivity index (χ2v) is 6.13. The molecule has 0 N–H and O–H groups in total. The number of carbonyl (C=O) groups excluding carboxylic acids is 1. The van der Waals surface area contributed by atoms with Gasteiger partial charge in [-0.2, -0.15) is 0 Å². The Labute approximate surface area is 155 Å². The van der Waals surface area contributed by atoms with E-state index in [4.69, 9.17) is 25.8 Å². The van der Waals surface area contributed by atoms with Crippen LogP contribution in [0, 0.1) is 11.6 Å². The van der Waals surface area contributed by atoms with E-state index in [0.717, 1.165) is 6.07 Å². The highest BCUT2D eigenvalue weighted by Crippen LogP contribution is 2.29. The van der Waals surface area contributed by atoms with Gasteiger partial charge in [0.25, 0.3) is 0 Å². The lowest BCUT2D eigenvalue weighted by Crippen LogP contribution is -2.26. The van der Waals surface area contributed by atoms with Gasteiger partial charge in [-0.3, -0.25) is 0 Å². The molecular weight excluding hydrogens is 366 g/mol. The molecule has 0 bridgehead atoms. The molecule has 2 rings (SSSR count). The molecule has 7 heteroatoms. The van der Waals surface area contributed by atoms with Gasteiger partial charge in [0.2, 0.25) is 0 Å². The summed E-state index contributed by atoms with van der Waals surface area (Å²) in [5.74, 6) is -1.58. The Balaban J connectivity index is 2.17. The van der Waals surface area contributed by atoms with E-state index < -0.39 is 23.2 Å². The van der Waals surface area contributed by atoms with Gasteiger partial charge in [0.05, 0.1) is 6.61 Å². The Morgan fingerprint density at radius 3 is 2.35 bits per heavy atom. The largest absolute Gasteiger partial charge is 0.490 e. The van der Waals surface area contributed by atoms with Crippen molar-refractivity contribution in [3.63, 3.8) is 0 Å². The van der Waals surface area contributed by atoms with Crippen LogP contribution < -0.4 is 4.74 Å². The first-order chi connectivity index (χ1) is 12.3. The van der Waals surface area contributed by atoms with Gasteiger partial charge in [-0.05, 0) is 49.7 Å². The molecule has 0 radical (unpaired) electrons. The number of halogens is 3. The van der Waals surface area contributed by atoms with Crippen LogP contribution in [-0.2, 0) is 15.1 Å². The van der Waals surface area contributed by atoms with Crippen molar-refractivity contribution in [2.24, 2.45) is 0 Å². The summed E-state index contributed by atoms with van der Waals surface area (Å²) in [4.78, 5) is 12.6. The lowest BCUT2D eigenvalue weighted by Gasteiger charge is -2.26. The smallest absolute Gasteiger partial charge is 0.342 e. The van der Waals surface area contributed by atoms with Crippen LogP contribution in [0.4, 0.5) is 8.78 Å². The maximum atomic E-state index is 13.6. The third-order valence-electron chi connectivity index (χ3n) is 3.61. The maximum Gasteiger partial charge on any atom is 0.342 e. The van der Waals surface area contributed by atoms with E-state index in [1.54, 1.807) is 13.8 Å². The minimum absolute atomic E-state index is 0.0214. The molecule has 140 valence electrons. The lowest BCUT2D eigenvalue weighted by atomic mass is 9.98. The first-order valence-corrected chi connectivity index (χ1v) is 8.42. The molecule has 0 aliphatic heterocycles. The Kier molecular flexibility index (Phi) is 6.94. The van der Waals surface area contributed by atoms with Crippen molar-refractivity contribution in [3.05, 3.63) is 65.2 Å². The molecular formula is C19H19ClF2O4. The number of hydrogen-bond donors (Lipinski definition) is 0. The fraction of sp³-hybridized carbons (Fsp3) is 0.316. The molecule has 0 fully saturated rings. The normalized spacial score (nSPS) is 11.3. The zero-order valence-electron chi connectivity index (χ0n) is 14.4. The predicted molar refractivity (Wildman–Crippen MR) is 93.4 cm³/mol. The Bertz CT molecular complexity index is 748. The highest BCUT2D eigenvalue weighted by molar-refractivity contribution is 6.17. The van der Waals surface area contributed by atoms with Crippen molar-refractivity contribution in [3.8, 4) is 5.75 Å². The minimum Gasteiger partial charge on any atom is -0.490 e. The van der Waals surface area contributed by atoms with E-state index in [9.17, 15) is 13.6 Å². The number of alkyl halides is 1. The Hall–Kier alpha value is -2.18. The number of benzene rings is 2. The van der Waals surface area contributed by atoms with Crippen LogP contribution in [0.15, 0.2) is 42.5 Å². The Morgan fingerprint density at radius 1 is 1.04 bits per heavy atom. The van der Waals surface area contributed by atoms with Crippen LogP contribution in [0.3, 0.4) is 0 Å². The number of ether oxygens (including phenoxy) is 3. The van der Waals surface area contributed by atoms with E-state index >= 15 is 0 Å². The van der Waals surface area contributed by atoms with Gasteiger partial charge in [-0.25, -0.2) is 13.6 Å². The third kappa shape index (κ3) is 5.41. The SMILES string of the molecule is CC(C)(OC(=O)c1cc(F)ccc1OCCOCCl)c1ccc(F)cc1. The quantitative estimate of drug-likeness (QED) is 0.377. The molecule has 0 heterocycles. The van der Waals surface area contributed by atoms with Crippen molar-refractivity contribution in [1.82, 2.24) is 0 Å². The van der Waals surface area contributed by atoms with Gasteiger partial charge in [-0.1, -0.05) is 23.7 Å². The summed E-state index contributed by atoms with van der Waals surface area (Å²) in [6, 6.07) is 9.19. The number of rotatable bonds is 8. The van der Waals surface area contributed by atoms with Crippen molar-refractivity contribution in [1.29, 1.82) is 0 Å². The molecule has 2 aromatic carbocycles. The highest BCUT2D eigenvalue weighted by atomic mass is 35.5. The molecule has 2 aromatic rings. The predicted octanol–water partition coefficient (Wildman–Crippen LogP) is 4.65. The second kappa shape index (κ2) is 8.96. The summed E-state index contributed by atoms with van der Waals surface area (Å²) in [7, 11) is 0. The first kappa shape index (κ1) is 20.1. The summed E-state index contributed by atoms with van der Waals surface area (Å²) >= 11 is 5.40. The monoisotopic (exact) mass is 384 g/mol. The molecule has 26 heavy (non-hydrogen) atoms. The van der Waals surface area contributed by atoms with Crippen LogP contribution in [0.1, 0.15) is 29.8 Å². The highest BCUT2D eigenvalue weighted by Gasteiger charge is 2.28. The number of carbonyl (C=O) groups is 1. The van der Waals surface area contributed by atoms with Gasteiger partial charge in [0.1, 0.15) is 41.2 Å². The maximum absolute atomic E-state index is 13.6. The molecule has 0 aliphatic rings. The van der Waals surface area contributed by atoms with Crippen molar-refractivity contribution in [2.75, 3.05) is 19.3 Å². The van der Waals surface area contributed by atoms with E-state index in [2.05, 4.69) is 0 Å². The van der Waals surface area contributed by atoms with Crippen molar-refractivity contribution >= 4 is 17.6 Å². The zero-order valence-corrected chi connectivity index (χ0v) is 15.2. The van der Waals surface area contributed by atoms with Gasteiger partial charge >= 0.3 is 5.97 Å². The summed E-state index contributed by atoms with van der Waals surface area (Å²) < 4.78 is 42.6. The average Bonchev–Trinajstić information content (AvgIpc) is 2.59. The van der Waals surface area contributed by atoms with Crippen LogP contribution in [0.5, 0.6) is 5.75 Å². The molecule has 0 aliphatic carbocycles. The molecule has 0 amide bonds. The fourth-order valence-corrected chi connectivity index (χ4v) is 2.36.